The SMILES string of the molecule is CCC(OC)c1noc([C@@H]2CC(O)CN2)n1. The summed E-state index contributed by atoms with van der Waals surface area (Å²) < 4.78 is 10.4. The first kappa shape index (κ1) is 11.5. The van der Waals surface area contributed by atoms with Crippen molar-refractivity contribution in [2.24, 2.45) is 0 Å². The molecular formula is C10H17N3O3. The zero-order chi connectivity index (χ0) is 11.5. The molecule has 0 saturated carbocycles. The van der Waals surface area contributed by atoms with Gasteiger partial charge in [-0.05, 0) is 12.8 Å². The molecule has 2 N–H and O–H groups in total. The van der Waals surface area contributed by atoms with Crippen molar-refractivity contribution in [3.05, 3.63) is 11.7 Å². The van der Waals surface area contributed by atoms with Crippen LogP contribution in [0.2, 0.25) is 0 Å². The smallest absolute Gasteiger partial charge is 0.243 e. The average molecular weight is 227 g/mol. The van der Waals surface area contributed by atoms with Gasteiger partial charge in [0.2, 0.25) is 11.7 Å². The topological polar surface area (TPSA) is 80.4 Å². The molecule has 1 saturated heterocycles. The van der Waals surface area contributed by atoms with Crippen molar-refractivity contribution >= 4 is 0 Å². The van der Waals surface area contributed by atoms with Gasteiger partial charge in [0.05, 0.1) is 12.1 Å². The van der Waals surface area contributed by atoms with Crippen LogP contribution in [0.4, 0.5) is 0 Å². The summed E-state index contributed by atoms with van der Waals surface area (Å²) in [6.07, 6.45) is 0.968. The number of nitrogens with zero attached hydrogens (tertiary/aromatic N) is 2. The fraction of sp³-hybridized carbons (Fsp3) is 0.800. The van der Waals surface area contributed by atoms with Gasteiger partial charge in [0.25, 0.3) is 0 Å². The molecule has 1 aromatic heterocycles. The lowest BCUT2D eigenvalue weighted by Gasteiger charge is -2.06. The number of hydrogen-bond acceptors (Lipinski definition) is 6. The molecule has 0 aliphatic carbocycles. The Hall–Kier alpha value is -0.980. The first-order valence-electron chi connectivity index (χ1n) is 5.52. The summed E-state index contributed by atoms with van der Waals surface area (Å²) in [5, 5.41) is 16.4. The summed E-state index contributed by atoms with van der Waals surface area (Å²) in [6, 6.07) is -0.0365. The highest BCUT2D eigenvalue weighted by molar-refractivity contribution is 4.99. The molecule has 90 valence electrons. The van der Waals surface area contributed by atoms with Crippen molar-refractivity contribution in [2.45, 2.75) is 38.0 Å². The molecule has 6 nitrogen and oxygen atoms in total. The second-order valence-corrected chi connectivity index (χ2v) is 3.97. The minimum atomic E-state index is -0.329. The van der Waals surface area contributed by atoms with Crippen molar-refractivity contribution in [2.75, 3.05) is 13.7 Å². The molecule has 16 heavy (non-hydrogen) atoms. The summed E-state index contributed by atoms with van der Waals surface area (Å²) in [7, 11) is 1.63. The lowest BCUT2D eigenvalue weighted by molar-refractivity contribution is 0.0903. The van der Waals surface area contributed by atoms with Crippen LogP contribution in [-0.4, -0.2) is 35.0 Å². The summed E-state index contributed by atoms with van der Waals surface area (Å²) in [5.41, 5.74) is 0. The number of aliphatic hydroxyl groups is 1. The first-order valence-corrected chi connectivity index (χ1v) is 5.52. The molecule has 1 aromatic rings. The van der Waals surface area contributed by atoms with Gasteiger partial charge in [-0.2, -0.15) is 4.98 Å². The molecule has 2 heterocycles. The van der Waals surface area contributed by atoms with Crippen molar-refractivity contribution in [1.82, 2.24) is 15.5 Å². The molecular weight excluding hydrogens is 210 g/mol. The number of β-amino-alcohol motifs (C(OH)–C–C–N with tert-alkyl or cyclic N) is 1. The van der Waals surface area contributed by atoms with Crippen LogP contribution >= 0.6 is 0 Å². The van der Waals surface area contributed by atoms with Crippen LogP contribution in [0.25, 0.3) is 0 Å². The summed E-state index contributed by atoms with van der Waals surface area (Å²) >= 11 is 0. The molecule has 0 radical (unpaired) electrons. The number of aliphatic hydroxyl groups excluding tert-OH is 1. The van der Waals surface area contributed by atoms with E-state index in [2.05, 4.69) is 15.5 Å². The van der Waals surface area contributed by atoms with E-state index in [-0.39, 0.29) is 18.2 Å². The van der Waals surface area contributed by atoms with Gasteiger partial charge in [0.15, 0.2) is 0 Å². The predicted molar refractivity (Wildman–Crippen MR) is 55.7 cm³/mol. The first-order chi connectivity index (χ1) is 7.74. The third-order valence-electron chi connectivity index (χ3n) is 2.81. The Kier molecular flexibility index (Phi) is 3.52. The van der Waals surface area contributed by atoms with E-state index in [1.807, 2.05) is 6.92 Å². The summed E-state index contributed by atoms with van der Waals surface area (Å²) in [6.45, 7) is 2.58. The predicted octanol–water partition coefficient (Wildman–Crippen LogP) is 0.562. The number of hydrogen-bond donors (Lipinski definition) is 2. The molecule has 0 amide bonds. The Morgan fingerprint density at radius 1 is 1.69 bits per heavy atom. The zero-order valence-electron chi connectivity index (χ0n) is 9.51. The number of methoxy groups -OCH3 is 1. The second-order valence-electron chi connectivity index (χ2n) is 3.97. The molecule has 0 bridgehead atoms. The van der Waals surface area contributed by atoms with Crippen molar-refractivity contribution in [3.8, 4) is 0 Å². The molecule has 2 unspecified atom stereocenters. The molecule has 1 aliphatic rings. The number of nitrogens with one attached hydrogen (secondary N) is 1. The molecule has 1 fully saturated rings. The summed E-state index contributed by atoms with van der Waals surface area (Å²) in [4.78, 5) is 4.29. The highest BCUT2D eigenvalue weighted by atomic mass is 16.5. The van der Waals surface area contributed by atoms with Crippen molar-refractivity contribution < 1.29 is 14.4 Å². The van der Waals surface area contributed by atoms with E-state index in [1.165, 1.54) is 0 Å². The molecule has 0 aromatic carbocycles. The molecule has 1 aliphatic heterocycles. The largest absolute Gasteiger partial charge is 0.392 e. The van der Waals surface area contributed by atoms with E-state index in [0.29, 0.717) is 24.7 Å². The Bertz CT molecular complexity index is 338. The molecule has 2 rings (SSSR count). The van der Waals surface area contributed by atoms with Crippen molar-refractivity contribution in [3.63, 3.8) is 0 Å². The van der Waals surface area contributed by atoms with Gasteiger partial charge in [-0.25, -0.2) is 0 Å². The third kappa shape index (κ3) is 2.23. The van der Waals surface area contributed by atoms with E-state index in [0.717, 1.165) is 6.42 Å². The van der Waals surface area contributed by atoms with Crippen molar-refractivity contribution in [1.29, 1.82) is 0 Å². The van der Waals surface area contributed by atoms with Gasteiger partial charge in [-0.3, -0.25) is 0 Å². The highest BCUT2D eigenvalue weighted by Crippen LogP contribution is 2.24. The van der Waals surface area contributed by atoms with Crippen LogP contribution in [0, 0.1) is 0 Å². The number of rotatable bonds is 4. The van der Waals surface area contributed by atoms with Gasteiger partial charge in [-0.15, -0.1) is 0 Å². The standard InChI is InChI=1S/C10H17N3O3/c1-3-8(15-2)9-12-10(16-13-9)7-4-6(14)5-11-7/h6-8,11,14H,3-5H2,1-2H3/t6?,7-,8?/m0/s1. The van der Waals surface area contributed by atoms with Gasteiger partial charge in [-0.1, -0.05) is 12.1 Å². The third-order valence-corrected chi connectivity index (χ3v) is 2.81. The molecule has 0 spiro atoms. The van der Waals surface area contributed by atoms with E-state index in [1.54, 1.807) is 7.11 Å². The van der Waals surface area contributed by atoms with Crippen LogP contribution in [0.3, 0.4) is 0 Å². The quantitative estimate of drug-likeness (QED) is 0.782. The van der Waals surface area contributed by atoms with Gasteiger partial charge < -0.3 is 19.7 Å². The maximum atomic E-state index is 9.39. The van der Waals surface area contributed by atoms with Crippen LogP contribution in [0.5, 0.6) is 0 Å². The minimum Gasteiger partial charge on any atom is -0.392 e. The maximum absolute atomic E-state index is 9.39. The van der Waals surface area contributed by atoms with Crippen LogP contribution < -0.4 is 5.32 Å². The van der Waals surface area contributed by atoms with E-state index >= 15 is 0 Å². The van der Waals surface area contributed by atoms with Crippen LogP contribution in [0.15, 0.2) is 4.52 Å². The van der Waals surface area contributed by atoms with E-state index in [9.17, 15) is 5.11 Å². The number of aromatic nitrogens is 2. The van der Waals surface area contributed by atoms with Crippen LogP contribution in [-0.2, 0) is 4.74 Å². The molecule has 3 atom stereocenters. The minimum absolute atomic E-state index is 0.0365. The van der Waals surface area contributed by atoms with E-state index in [4.69, 9.17) is 9.26 Å². The highest BCUT2D eigenvalue weighted by Gasteiger charge is 2.29. The lowest BCUT2D eigenvalue weighted by Crippen LogP contribution is -2.15. The monoisotopic (exact) mass is 227 g/mol. The maximum Gasteiger partial charge on any atom is 0.243 e. The number of ether oxygens (including phenoxy) is 1. The fourth-order valence-corrected chi connectivity index (χ4v) is 1.88. The Morgan fingerprint density at radius 3 is 3.06 bits per heavy atom. The van der Waals surface area contributed by atoms with Crippen LogP contribution in [0.1, 0.15) is 43.6 Å². The second kappa shape index (κ2) is 4.90. The Labute approximate surface area is 94.0 Å². The fourth-order valence-electron chi connectivity index (χ4n) is 1.88. The molecule has 6 heteroatoms. The normalized spacial score (nSPS) is 27.2. The summed E-state index contributed by atoms with van der Waals surface area (Å²) in [5.74, 6) is 1.10. The van der Waals surface area contributed by atoms with Gasteiger partial charge in [0, 0.05) is 13.7 Å². The van der Waals surface area contributed by atoms with Gasteiger partial charge in [0.1, 0.15) is 6.10 Å². The zero-order valence-corrected chi connectivity index (χ0v) is 9.51. The average Bonchev–Trinajstić information content (AvgIpc) is 2.89. The van der Waals surface area contributed by atoms with E-state index < -0.39 is 0 Å². The Balaban J connectivity index is 2.07. The lowest BCUT2D eigenvalue weighted by atomic mass is 10.2. The van der Waals surface area contributed by atoms with Gasteiger partial charge >= 0.3 is 0 Å². The Morgan fingerprint density at radius 2 is 2.50 bits per heavy atom.